The lowest BCUT2D eigenvalue weighted by molar-refractivity contribution is 0.535. The van der Waals surface area contributed by atoms with Crippen molar-refractivity contribution in [1.29, 1.82) is 0 Å². The van der Waals surface area contributed by atoms with E-state index in [1.54, 1.807) is 0 Å². The normalized spacial score (nSPS) is 11.3. The Labute approximate surface area is 116 Å². The Hall–Kier alpha value is -1.41. The molecule has 2 rings (SSSR count). The number of aryl methyl sites for hydroxylation is 1. The van der Waals surface area contributed by atoms with Crippen LogP contribution >= 0.6 is 0 Å². The van der Waals surface area contributed by atoms with E-state index in [0.29, 0.717) is 0 Å². The van der Waals surface area contributed by atoms with Gasteiger partial charge in [0.15, 0.2) is 0 Å². The first-order valence-corrected chi connectivity index (χ1v) is 7.29. The van der Waals surface area contributed by atoms with Crippen molar-refractivity contribution in [3.8, 4) is 0 Å². The molecule has 0 aliphatic heterocycles. The van der Waals surface area contributed by atoms with Crippen LogP contribution in [0, 0.1) is 5.92 Å². The van der Waals surface area contributed by atoms with E-state index in [9.17, 15) is 0 Å². The van der Waals surface area contributed by atoms with E-state index < -0.39 is 0 Å². The molecular formula is C17H24N2. The maximum absolute atomic E-state index is 4.34. The Morgan fingerprint density at radius 2 is 1.95 bits per heavy atom. The lowest BCUT2D eigenvalue weighted by Gasteiger charge is -2.08. The molecule has 1 aromatic heterocycles. The summed E-state index contributed by atoms with van der Waals surface area (Å²) in [6, 6.07) is 8.51. The summed E-state index contributed by atoms with van der Waals surface area (Å²) in [6.07, 6.45) is 7.54. The van der Waals surface area contributed by atoms with Crippen LogP contribution in [-0.4, -0.2) is 18.1 Å². The van der Waals surface area contributed by atoms with Gasteiger partial charge in [-0.2, -0.15) is 0 Å². The first kappa shape index (κ1) is 14.0. The van der Waals surface area contributed by atoms with E-state index in [1.807, 2.05) is 12.4 Å². The van der Waals surface area contributed by atoms with E-state index in [4.69, 9.17) is 0 Å². The number of nitrogens with one attached hydrogen (secondary N) is 1. The highest BCUT2D eigenvalue weighted by atomic mass is 14.8. The number of unbranched alkanes of at least 4 members (excludes halogenated alkanes) is 1. The second-order valence-corrected chi connectivity index (χ2v) is 5.57. The van der Waals surface area contributed by atoms with Gasteiger partial charge in [0.2, 0.25) is 0 Å². The molecule has 102 valence electrons. The molecule has 2 aromatic rings. The Morgan fingerprint density at radius 1 is 1.11 bits per heavy atom. The van der Waals surface area contributed by atoms with Gasteiger partial charge in [0, 0.05) is 17.8 Å². The van der Waals surface area contributed by atoms with Crippen molar-refractivity contribution in [3.05, 3.63) is 42.2 Å². The highest BCUT2D eigenvalue weighted by molar-refractivity contribution is 5.84. The lowest BCUT2D eigenvalue weighted by Crippen LogP contribution is -2.20. The van der Waals surface area contributed by atoms with Crippen molar-refractivity contribution in [2.75, 3.05) is 13.1 Å². The minimum Gasteiger partial charge on any atom is -0.316 e. The predicted molar refractivity (Wildman–Crippen MR) is 82.4 cm³/mol. The van der Waals surface area contributed by atoms with E-state index in [2.05, 4.69) is 48.4 Å². The van der Waals surface area contributed by atoms with Gasteiger partial charge in [-0.3, -0.25) is 4.98 Å². The van der Waals surface area contributed by atoms with Crippen molar-refractivity contribution in [2.45, 2.75) is 33.1 Å². The molecule has 0 bridgehead atoms. The quantitative estimate of drug-likeness (QED) is 0.762. The highest BCUT2D eigenvalue weighted by Gasteiger charge is 2.01. The minimum atomic E-state index is 0.738. The van der Waals surface area contributed by atoms with Gasteiger partial charge >= 0.3 is 0 Å². The van der Waals surface area contributed by atoms with Crippen molar-refractivity contribution in [1.82, 2.24) is 10.3 Å². The number of benzene rings is 1. The molecule has 19 heavy (non-hydrogen) atoms. The molecule has 0 aliphatic carbocycles. The molecule has 0 aliphatic rings. The van der Waals surface area contributed by atoms with E-state index in [-0.39, 0.29) is 0 Å². The average molecular weight is 256 g/mol. The molecule has 0 fully saturated rings. The van der Waals surface area contributed by atoms with Crippen LogP contribution in [0.1, 0.15) is 32.3 Å². The molecule has 0 atom stereocenters. The van der Waals surface area contributed by atoms with Crippen LogP contribution in [0.15, 0.2) is 36.7 Å². The average Bonchev–Trinajstić information content (AvgIpc) is 2.42. The second-order valence-electron chi connectivity index (χ2n) is 5.57. The molecule has 2 heteroatoms. The lowest BCUT2D eigenvalue weighted by atomic mass is 10.0. The zero-order valence-corrected chi connectivity index (χ0v) is 12.0. The largest absolute Gasteiger partial charge is 0.316 e. The summed E-state index contributed by atoms with van der Waals surface area (Å²) in [5.74, 6) is 0.738. The van der Waals surface area contributed by atoms with Crippen LogP contribution in [-0.2, 0) is 6.42 Å². The van der Waals surface area contributed by atoms with Crippen molar-refractivity contribution >= 4 is 10.8 Å². The minimum absolute atomic E-state index is 0.738. The van der Waals surface area contributed by atoms with Crippen LogP contribution < -0.4 is 5.32 Å². The smallest absolute Gasteiger partial charge is 0.0346 e. The summed E-state index contributed by atoms with van der Waals surface area (Å²) in [6.45, 7) is 6.73. The van der Waals surface area contributed by atoms with Crippen LogP contribution in [0.25, 0.3) is 10.8 Å². The van der Waals surface area contributed by atoms with E-state index in [1.165, 1.54) is 29.2 Å². The number of rotatable bonds is 7. The van der Waals surface area contributed by atoms with Gasteiger partial charge in [-0.15, -0.1) is 0 Å². The number of hydrogen-bond acceptors (Lipinski definition) is 2. The van der Waals surface area contributed by atoms with Gasteiger partial charge < -0.3 is 5.32 Å². The summed E-state index contributed by atoms with van der Waals surface area (Å²) in [5, 5.41) is 6.10. The molecule has 0 amide bonds. The molecule has 2 nitrogen and oxygen atoms in total. The zero-order chi connectivity index (χ0) is 13.5. The van der Waals surface area contributed by atoms with Crippen LogP contribution in [0.5, 0.6) is 0 Å². The molecule has 0 spiro atoms. The zero-order valence-electron chi connectivity index (χ0n) is 12.0. The number of fused-ring (bicyclic) bond motifs is 1. The number of aromatic nitrogens is 1. The second kappa shape index (κ2) is 7.25. The summed E-state index contributed by atoms with van der Waals surface area (Å²) >= 11 is 0. The number of hydrogen-bond donors (Lipinski definition) is 1. The SMILES string of the molecule is CC(C)CNCCCCc1cncc2ccccc12. The summed E-state index contributed by atoms with van der Waals surface area (Å²) in [5.41, 5.74) is 1.38. The fourth-order valence-electron chi connectivity index (χ4n) is 2.33. The molecule has 1 aromatic carbocycles. The van der Waals surface area contributed by atoms with Crippen LogP contribution in [0.4, 0.5) is 0 Å². The maximum Gasteiger partial charge on any atom is 0.0346 e. The Bertz CT molecular complexity index is 500. The standard InChI is InChI=1S/C17H24N2/c1-14(2)11-18-10-6-5-8-16-13-19-12-15-7-3-4-9-17(15)16/h3-4,7,9,12-14,18H,5-6,8,10-11H2,1-2H3. The Kier molecular flexibility index (Phi) is 5.34. The summed E-state index contributed by atoms with van der Waals surface area (Å²) < 4.78 is 0. The topological polar surface area (TPSA) is 24.9 Å². The first-order valence-electron chi connectivity index (χ1n) is 7.29. The Balaban J connectivity index is 1.82. The van der Waals surface area contributed by atoms with Gasteiger partial charge in [0.1, 0.15) is 0 Å². The molecule has 0 saturated heterocycles. The molecule has 1 N–H and O–H groups in total. The van der Waals surface area contributed by atoms with Gasteiger partial charge in [-0.05, 0) is 49.2 Å². The van der Waals surface area contributed by atoms with Crippen molar-refractivity contribution < 1.29 is 0 Å². The fourth-order valence-corrected chi connectivity index (χ4v) is 2.33. The third-order valence-corrected chi connectivity index (χ3v) is 3.35. The highest BCUT2D eigenvalue weighted by Crippen LogP contribution is 2.18. The third-order valence-electron chi connectivity index (χ3n) is 3.35. The number of pyridine rings is 1. The van der Waals surface area contributed by atoms with E-state index in [0.717, 1.165) is 25.4 Å². The molecule has 1 heterocycles. The third kappa shape index (κ3) is 4.32. The Morgan fingerprint density at radius 3 is 2.79 bits per heavy atom. The molecule has 0 radical (unpaired) electrons. The van der Waals surface area contributed by atoms with Gasteiger partial charge in [0.25, 0.3) is 0 Å². The van der Waals surface area contributed by atoms with Gasteiger partial charge in [-0.25, -0.2) is 0 Å². The van der Waals surface area contributed by atoms with E-state index >= 15 is 0 Å². The van der Waals surface area contributed by atoms with Crippen LogP contribution in [0.3, 0.4) is 0 Å². The van der Waals surface area contributed by atoms with Crippen LogP contribution in [0.2, 0.25) is 0 Å². The summed E-state index contributed by atoms with van der Waals surface area (Å²) in [4.78, 5) is 4.34. The molecular weight excluding hydrogens is 232 g/mol. The van der Waals surface area contributed by atoms with Crippen molar-refractivity contribution in [3.63, 3.8) is 0 Å². The number of nitrogens with zero attached hydrogens (tertiary/aromatic N) is 1. The first-order chi connectivity index (χ1) is 9.27. The molecule has 0 unspecified atom stereocenters. The predicted octanol–water partition coefficient (Wildman–Crippen LogP) is 3.80. The van der Waals surface area contributed by atoms with Gasteiger partial charge in [-0.1, -0.05) is 38.1 Å². The fraction of sp³-hybridized carbons (Fsp3) is 0.471. The maximum atomic E-state index is 4.34. The van der Waals surface area contributed by atoms with Crippen molar-refractivity contribution in [2.24, 2.45) is 5.92 Å². The molecule has 0 saturated carbocycles. The summed E-state index contributed by atoms with van der Waals surface area (Å²) in [7, 11) is 0. The monoisotopic (exact) mass is 256 g/mol. The van der Waals surface area contributed by atoms with Gasteiger partial charge in [0.05, 0.1) is 0 Å².